The Morgan fingerprint density at radius 1 is 0.833 bits per heavy atom. The van der Waals surface area contributed by atoms with Gasteiger partial charge in [0.1, 0.15) is 24.7 Å². The van der Waals surface area contributed by atoms with Crippen molar-refractivity contribution < 1.29 is 29.0 Å². The highest BCUT2D eigenvalue weighted by Gasteiger charge is 2.30. The van der Waals surface area contributed by atoms with E-state index in [0.717, 1.165) is 17.7 Å². The lowest BCUT2D eigenvalue weighted by molar-refractivity contribution is -0.142. The van der Waals surface area contributed by atoms with Crippen molar-refractivity contribution in [2.24, 2.45) is 5.92 Å². The SMILES string of the molecule is CCN(C)CCOCC(=O)N[C@@H](CCc1ccccc1)C(=O)N[C@@H](CC(C)C)C(=O)N[C@@H](Cc1ccccc1)C(=O)O. The van der Waals surface area contributed by atoms with Crippen molar-refractivity contribution >= 4 is 23.7 Å². The van der Waals surface area contributed by atoms with Crippen LogP contribution in [0.1, 0.15) is 44.7 Å². The average molecular weight is 583 g/mol. The van der Waals surface area contributed by atoms with Crippen molar-refractivity contribution in [1.29, 1.82) is 0 Å². The Balaban J connectivity index is 2.11. The number of nitrogens with zero attached hydrogens (tertiary/aromatic N) is 1. The molecule has 2 rings (SSSR count). The summed E-state index contributed by atoms with van der Waals surface area (Å²) >= 11 is 0. The molecule has 230 valence electrons. The van der Waals surface area contributed by atoms with E-state index in [4.69, 9.17) is 4.74 Å². The molecule has 42 heavy (non-hydrogen) atoms. The fourth-order valence-electron chi connectivity index (χ4n) is 4.30. The van der Waals surface area contributed by atoms with Crippen molar-refractivity contribution in [1.82, 2.24) is 20.9 Å². The molecule has 2 aromatic carbocycles. The van der Waals surface area contributed by atoms with Gasteiger partial charge >= 0.3 is 5.97 Å². The highest BCUT2D eigenvalue weighted by atomic mass is 16.5. The van der Waals surface area contributed by atoms with Gasteiger partial charge in [-0.1, -0.05) is 81.4 Å². The number of carboxylic acids is 1. The smallest absolute Gasteiger partial charge is 0.326 e. The molecule has 3 amide bonds. The maximum atomic E-state index is 13.5. The Kier molecular flexibility index (Phi) is 15.3. The molecule has 0 fully saturated rings. The molecule has 0 aliphatic carbocycles. The van der Waals surface area contributed by atoms with E-state index in [1.807, 2.05) is 64.2 Å². The van der Waals surface area contributed by atoms with E-state index in [9.17, 15) is 24.3 Å². The summed E-state index contributed by atoms with van der Waals surface area (Å²) in [6, 6.07) is 15.6. The molecule has 0 heterocycles. The lowest BCUT2D eigenvalue weighted by Gasteiger charge is -2.25. The highest BCUT2D eigenvalue weighted by Crippen LogP contribution is 2.10. The van der Waals surface area contributed by atoms with E-state index in [-0.39, 0.29) is 18.9 Å². The first-order valence-corrected chi connectivity index (χ1v) is 14.6. The van der Waals surface area contributed by atoms with Gasteiger partial charge in [0.05, 0.1) is 6.61 Å². The normalized spacial score (nSPS) is 13.3. The van der Waals surface area contributed by atoms with E-state index >= 15 is 0 Å². The van der Waals surface area contributed by atoms with Crippen LogP contribution in [0.3, 0.4) is 0 Å². The Labute approximate surface area is 249 Å². The molecule has 0 saturated carbocycles. The lowest BCUT2D eigenvalue weighted by Crippen LogP contribution is -2.56. The molecule has 0 aliphatic heterocycles. The van der Waals surface area contributed by atoms with E-state index in [0.29, 0.717) is 32.4 Å². The Morgan fingerprint density at radius 2 is 1.40 bits per heavy atom. The van der Waals surface area contributed by atoms with Crippen LogP contribution in [0.4, 0.5) is 0 Å². The number of ether oxygens (including phenoxy) is 1. The molecule has 0 unspecified atom stereocenters. The Bertz CT molecular complexity index is 1110. The molecule has 10 heteroatoms. The lowest BCUT2D eigenvalue weighted by atomic mass is 10.00. The second-order valence-electron chi connectivity index (χ2n) is 10.9. The predicted molar refractivity (Wildman–Crippen MR) is 162 cm³/mol. The number of carbonyl (C=O) groups excluding carboxylic acids is 3. The number of carboxylic acid groups (broad SMARTS) is 1. The minimum absolute atomic E-state index is 0.0328. The van der Waals surface area contributed by atoms with Crippen LogP contribution in [0.2, 0.25) is 0 Å². The first kappa shape index (κ1) is 34.4. The molecular weight excluding hydrogens is 536 g/mol. The summed E-state index contributed by atoms with van der Waals surface area (Å²) in [5, 5.41) is 17.9. The van der Waals surface area contributed by atoms with Crippen LogP contribution in [0.15, 0.2) is 60.7 Å². The fraction of sp³-hybridized carbons (Fsp3) is 0.500. The molecular formula is C32H46N4O6. The van der Waals surface area contributed by atoms with Gasteiger partial charge in [0, 0.05) is 13.0 Å². The fourth-order valence-corrected chi connectivity index (χ4v) is 4.30. The number of aryl methyl sites for hydroxylation is 1. The third-order valence-corrected chi connectivity index (χ3v) is 6.84. The molecule has 0 saturated heterocycles. The van der Waals surface area contributed by atoms with Crippen LogP contribution in [0.5, 0.6) is 0 Å². The number of hydrogen-bond donors (Lipinski definition) is 4. The van der Waals surface area contributed by atoms with Crippen LogP contribution in [0.25, 0.3) is 0 Å². The molecule has 10 nitrogen and oxygen atoms in total. The molecule has 0 aromatic heterocycles. The largest absolute Gasteiger partial charge is 0.480 e. The maximum absolute atomic E-state index is 13.5. The number of amides is 3. The zero-order chi connectivity index (χ0) is 30.9. The minimum atomic E-state index is -1.17. The van der Waals surface area contributed by atoms with Gasteiger partial charge < -0.3 is 30.7 Å². The number of carbonyl (C=O) groups is 4. The molecule has 0 bridgehead atoms. The van der Waals surface area contributed by atoms with Crippen LogP contribution >= 0.6 is 0 Å². The van der Waals surface area contributed by atoms with E-state index in [1.165, 1.54) is 0 Å². The summed E-state index contributed by atoms with van der Waals surface area (Å²) in [6.45, 7) is 7.57. The van der Waals surface area contributed by atoms with Crippen LogP contribution < -0.4 is 16.0 Å². The van der Waals surface area contributed by atoms with E-state index in [2.05, 4.69) is 20.9 Å². The van der Waals surface area contributed by atoms with Gasteiger partial charge in [0.2, 0.25) is 17.7 Å². The number of aliphatic carboxylic acids is 1. The van der Waals surface area contributed by atoms with Crippen molar-refractivity contribution in [2.75, 3.05) is 33.4 Å². The van der Waals surface area contributed by atoms with Gasteiger partial charge in [-0.05, 0) is 49.9 Å². The monoisotopic (exact) mass is 582 g/mol. The predicted octanol–water partition coefficient (Wildman–Crippen LogP) is 2.42. The number of likely N-dealkylation sites (N-methyl/N-ethyl adjacent to an activating group) is 1. The first-order chi connectivity index (χ1) is 20.1. The van der Waals surface area contributed by atoms with Crippen molar-refractivity contribution in [2.45, 2.75) is 64.6 Å². The zero-order valence-corrected chi connectivity index (χ0v) is 25.2. The molecule has 0 aliphatic rings. The van der Waals surface area contributed by atoms with Crippen LogP contribution in [-0.4, -0.2) is 85.2 Å². The van der Waals surface area contributed by atoms with Gasteiger partial charge in [-0.25, -0.2) is 4.79 Å². The number of nitrogens with one attached hydrogen (secondary N) is 3. The first-order valence-electron chi connectivity index (χ1n) is 14.6. The third-order valence-electron chi connectivity index (χ3n) is 6.84. The number of rotatable bonds is 19. The van der Waals surface area contributed by atoms with Crippen LogP contribution in [0, 0.1) is 5.92 Å². The summed E-state index contributed by atoms with van der Waals surface area (Å²) in [5.41, 5.74) is 1.77. The van der Waals surface area contributed by atoms with E-state index < -0.39 is 41.8 Å². The van der Waals surface area contributed by atoms with Gasteiger partial charge in [0.15, 0.2) is 0 Å². The van der Waals surface area contributed by atoms with Crippen molar-refractivity contribution in [3.05, 3.63) is 71.8 Å². The second-order valence-corrected chi connectivity index (χ2v) is 10.9. The number of benzene rings is 2. The van der Waals surface area contributed by atoms with Crippen molar-refractivity contribution in [3.8, 4) is 0 Å². The van der Waals surface area contributed by atoms with Gasteiger partial charge in [0.25, 0.3) is 0 Å². The van der Waals surface area contributed by atoms with Gasteiger partial charge in [-0.15, -0.1) is 0 Å². The highest BCUT2D eigenvalue weighted by molar-refractivity contribution is 5.93. The topological polar surface area (TPSA) is 137 Å². The Hall–Kier alpha value is -3.76. The van der Waals surface area contributed by atoms with Crippen LogP contribution in [-0.2, 0) is 36.8 Å². The molecule has 0 spiro atoms. The summed E-state index contributed by atoms with van der Waals surface area (Å²) in [6.07, 6.45) is 1.24. The quantitative estimate of drug-likeness (QED) is 0.187. The zero-order valence-electron chi connectivity index (χ0n) is 25.2. The molecule has 4 N–H and O–H groups in total. The molecule has 3 atom stereocenters. The van der Waals surface area contributed by atoms with Gasteiger partial charge in [-0.3, -0.25) is 14.4 Å². The maximum Gasteiger partial charge on any atom is 0.326 e. The van der Waals surface area contributed by atoms with E-state index in [1.54, 1.807) is 24.3 Å². The summed E-state index contributed by atoms with van der Waals surface area (Å²) in [5.74, 6) is -2.66. The van der Waals surface area contributed by atoms with Crippen molar-refractivity contribution in [3.63, 3.8) is 0 Å². The molecule has 2 aromatic rings. The second kappa shape index (κ2) is 18.6. The summed E-state index contributed by atoms with van der Waals surface area (Å²) < 4.78 is 5.49. The standard InChI is InChI=1S/C32H46N4O6/c1-5-36(4)18-19-42-22-29(37)33-26(17-16-24-12-8-6-9-13-24)30(38)34-27(20-23(2)3)31(39)35-28(32(40)41)21-25-14-10-7-11-15-25/h6-15,23,26-28H,5,16-22H2,1-4H3,(H,33,37)(H,34,38)(H,35,39)(H,40,41)/t26-,27-,28-/m0/s1. The average Bonchev–Trinajstić information content (AvgIpc) is 2.97. The molecule has 0 radical (unpaired) electrons. The third kappa shape index (κ3) is 13.3. The Morgan fingerprint density at radius 3 is 1.98 bits per heavy atom. The van der Waals surface area contributed by atoms with Gasteiger partial charge in [-0.2, -0.15) is 0 Å². The number of hydrogen-bond acceptors (Lipinski definition) is 6. The minimum Gasteiger partial charge on any atom is -0.480 e. The summed E-state index contributed by atoms with van der Waals surface area (Å²) in [4.78, 5) is 53.5. The summed E-state index contributed by atoms with van der Waals surface area (Å²) in [7, 11) is 1.96.